The van der Waals surface area contributed by atoms with E-state index < -0.39 is 0 Å². The molecule has 4 heteroatoms. The molecule has 1 aliphatic rings. The zero-order valence-corrected chi connectivity index (χ0v) is 8.85. The Kier molecular flexibility index (Phi) is 1.99. The summed E-state index contributed by atoms with van der Waals surface area (Å²) in [5.74, 6) is 0.878. The normalized spacial score (nSPS) is 15.5. The molecule has 0 atom stereocenters. The van der Waals surface area contributed by atoms with Gasteiger partial charge in [0, 0.05) is 11.6 Å². The Morgan fingerprint density at radius 1 is 1.27 bits per heavy atom. The van der Waals surface area contributed by atoms with Gasteiger partial charge in [-0.15, -0.1) is 10.2 Å². The van der Waals surface area contributed by atoms with Crippen LogP contribution in [-0.4, -0.2) is 14.8 Å². The summed E-state index contributed by atoms with van der Waals surface area (Å²) < 4.78 is 2.11. The molecule has 1 saturated carbocycles. The fourth-order valence-electron chi connectivity index (χ4n) is 1.70. The highest BCUT2D eigenvalue weighted by molar-refractivity contribution is 6.33. The fraction of sp³-hybridized carbons (Fsp3) is 0.273. The van der Waals surface area contributed by atoms with Crippen molar-refractivity contribution in [2.75, 3.05) is 0 Å². The van der Waals surface area contributed by atoms with Crippen molar-refractivity contribution in [1.29, 1.82) is 0 Å². The van der Waals surface area contributed by atoms with Crippen LogP contribution in [0.5, 0.6) is 0 Å². The second-order valence-corrected chi connectivity index (χ2v) is 4.18. The van der Waals surface area contributed by atoms with Crippen LogP contribution in [0, 0.1) is 0 Å². The molecule has 15 heavy (non-hydrogen) atoms. The minimum absolute atomic E-state index is 0.575. The monoisotopic (exact) mass is 219 g/mol. The molecule has 3 rings (SSSR count). The lowest BCUT2D eigenvalue weighted by molar-refractivity contribution is 0.746. The molecular weight excluding hydrogens is 210 g/mol. The third-order valence-electron chi connectivity index (χ3n) is 2.63. The molecule has 0 aliphatic heterocycles. The highest BCUT2D eigenvalue weighted by Gasteiger charge is 2.26. The molecule has 1 heterocycles. The summed E-state index contributed by atoms with van der Waals surface area (Å²) in [7, 11) is 0. The van der Waals surface area contributed by atoms with Gasteiger partial charge in [0.15, 0.2) is 5.82 Å². The Morgan fingerprint density at radius 3 is 2.80 bits per heavy atom. The molecule has 1 fully saturated rings. The van der Waals surface area contributed by atoms with E-state index in [-0.39, 0.29) is 0 Å². The van der Waals surface area contributed by atoms with Crippen LogP contribution < -0.4 is 0 Å². The Hall–Kier alpha value is -1.35. The van der Waals surface area contributed by atoms with E-state index in [1.807, 2.05) is 24.3 Å². The molecule has 0 amide bonds. The SMILES string of the molecule is Clc1ccccc1-c1nncn1C1CC1. The summed E-state index contributed by atoms with van der Waals surface area (Å²) in [5, 5.41) is 8.82. The molecule has 0 bridgehead atoms. The lowest BCUT2D eigenvalue weighted by Crippen LogP contribution is -1.96. The zero-order valence-electron chi connectivity index (χ0n) is 8.10. The van der Waals surface area contributed by atoms with Crippen LogP contribution in [0.4, 0.5) is 0 Å². The number of aromatic nitrogens is 3. The maximum absolute atomic E-state index is 6.13. The molecule has 3 nitrogen and oxygen atoms in total. The van der Waals surface area contributed by atoms with Crippen LogP contribution in [-0.2, 0) is 0 Å². The van der Waals surface area contributed by atoms with E-state index >= 15 is 0 Å². The van der Waals surface area contributed by atoms with Crippen LogP contribution in [0.15, 0.2) is 30.6 Å². The van der Waals surface area contributed by atoms with Gasteiger partial charge in [-0.25, -0.2) is 0 Å². The van der Waals surface area contributed by atoms with Crippen molar-refractivity contribution in [3.8, 4) is 11.4 Å². The van der Waals surface area contributed by atoms with E-state index in [0.29, 0.717) is 6.04 Å². The minimum Gasteiger partial charge on any atom is -0.310 e. The maximum atomic E-state index is 6.13. The first-order valence-corrected chi connectivity index (χ1v) is 5.38. The Labute approximate surface area is 92.7 Å². The summed E-state index contributed by atoms with van der Waals surface area (Å²) in [4.78, 5) is 0. The summed E-state index contributed by atoms with van der Waals surface area (Å²) in [6.45, 7) is 0. The van der Waals surface area contributed by atoms with Gasteiger partial charge in [0.2, 0.25) is 0 Å². The second-order valence-electron chi connectivity index (χ2n) is 3.77. The number of rotatable bonds is 2. The van der Waals surface area contributed by atoms with E-state index in [4.69, 9.17) is 11.6 Å². The van der Waals surface area contributed by atoms with Gasteiger partial charge in [0.05, 0.1) is 5.02 Å². The molecule has 0 N–H and O–H groups in total. The fourth-order valence-corrected chi connectivity index (χ4v) is 1.92. The summed E-state index contributed by atoms with van der Waals surface area (Å²) in [6, 6.07) is 8.32. The van der Waals surface area contributed by atoms with Crippen LogP contribution in [0.1, 0.15) is 18.9 Å². The van der Waals surface area contributed by atoms with Crippen molar-refractivity contribution in [3.05, 3.63) is 35.6 Å². The largest absolute Gasteiger partial charge is 0.310 e. The van der Waals surface area contributed by atoms with Gasteiger partial charge in [-0.3, -0.25) is 0 Å². The number of benzene rings is 1. The third kappa shape index (κ3) is 1.53. The van der Waals surface area contributed by atoms with Crippen molar-refractivity contribution in [2.45, 2.75) is 18.9 Å². The standard InChI is InChI=1S/C11H10ClN3/c12-10-4-2-1-3-9(10)11-14-13-7-15(11)8-5-6-8/h1-4,7-8H,5-6H2. The van der Waals surface area contributed by atoms with E-state index in [0.717, 1.165) is 16.4 Å². The van der Waals surface area contributed by atoms with E-state index in [2.05, 4.69) is 14.8 Å². The summed E-state index contributed by atoms with van der Waals surface area (Å²) in [5.41, 5.74) is 0.962. The quantitative estimate of drug-likeness (QED) is 0.778. The van der Waals surface area contributed by atoms with Crippen molar-refractivity contribution < 1.29 is 0 Å². The van der Waals surface area contributed by atoms with Crippen LogP contribution in [0.3, 0.4) is 0 Å². The molecule has 76 valence electrons. The molecule has 0 saturated heterocycles. The van der Waals surface area contributed by atoms with E-state index in [9.17, 15) is 0 Å². The number of nitrogens with zero attached hydrogens (tertiary/aromatic N) is 3. The first-order chi connectivity index (χ1) is 7.36. The van der Waals surface area contributed by atoms with Gasteiger partial charge in [-0.05, 0) is 25.0 Å². The lowest BCUT2D eigenvalue weighted by atomic mass is 10.2. The van der Waals surface area contributed by atoms with Gasteiger partial charge in [0.1, 0.15) is 6.33 Å². The molecular formula is C11H10ClN3. The third-order valence-corrected chi connectivity index (χ3v) is 2.96. The smallest absolute Gasteiger partial charge is 0.165 e. The predicted octanol–water partition coefficient (Wildman–Crippen LogP) is 2.93. The van der Waals surface area contributed by atoms with Gasteiger partial charge < -0.3 is 4.57 Å². The predicted molar refractivity (Wildman–Crippen MR) is 58.7 cm³/mol. The molecule has 2 aromatic rings. The topological polar surface area (TPSA) is 30.7 Å². The van der Waals surface area contributed by atoms with Gasteiger partial charge >= 0.3 is 0 Å². The van der Waals surface area contributed by atoms with Crippen molar-refractivity contribution in [1.82, 2.24) is 14.8 Å². The number of halogens is 1. The average Bonchev–Trinajstić information content (AvgIpc) is 2.98. The molecule has 0 spiro atoms. The van der Waals surface area contributed by atoms with Crippen LogP contribution in [0.2, 0.25) is 5.02 Å². The zero-order chi connectivity index (χ0) is 10.3. The number of hydrogen-bond donors (Lipinski definition) is 0. The summed E-state index contributed by atoms with van der Waals surface area (Å²) in [6.07, 6.45) is 4.22. The van der Waals surface area contributed by atoms with E-state index in [1.54, 1.807) is 6.33 Å². The highest BCUT2D eigenvalue weighted by atomic mass is 35.5. The van der Waals surface area contributed by atoms with Crippen LogP contribution in [0.25, 0.3) is 11.4 Å². The molecule has 1 aromatic carbocycles. The highest BCUT2D eigenvalue weighted by Crippen LogP contribution is 2.38. The number of hydrogen-bond acceptors (Lipinski definition) is 2. The Balaban J connectivity index is 2.12. The van der Waals surface area contributed by atoms with Gasteiger partial charge in [0.25, 0.3) is 0 Å². The Bertz CT molecular complexity index is 488. The molecule has 0 radical (unpaired) electrons. The molecule has 1 aliphatic carbocycles. The summed E-state index contributed by atoms with van der Waals surface area (Å²) >= 11 is 6.13. The molecule has 1 aromatic heterocycles. The molecule has 0 unspecified atom stereocenters. The first-order valence-electron chi connectivity index (χ1n) is 5.00. The second kappa shape index (κ2) is 3.35. The first kappa shape index (κ1) is 8.92. The van der Waals surface area contributed by atoms with Crippen molar-refractivity contribution in [2.24, 2.45) is 0 Å². The lowest BCUT2D eigenvalue weighted by Gasteiger charge is -2.05. The minimum atomic E-state index is 0.575. The van der Waals surface area contributed by atoms with Crippen LogP contribution >= 0.6 is 11.6 Å². The van der Waals surface area contributed by atoms with E-state index in [1.165, 1.54) is 12.8 Å². The van der Waals surface area contributed by atoms with Gasteiger partial charge in [-0.1, -0.05) is 23.7 Å². The van der Waals surface area contributed by atoms with Crippen molar-refractivity contribution in [3.63, 3.8) is 0 Å². The average molecular weight is 220 g/mol. The Morgan fingerprint density at radius 2 is 2.07 bits per heavy atom. The maximum Gasteiger partial charge on any atom is 0.165 e. The van der Waals surface area contributed by atoms with Gasteiger partial charge in [-0.2, -0.15) is 0 Å². The van der Waals surface area contributed by atoms with Crippen molar-refractivity contribution >= 4 is 11.6 Å².